The minimum atomic E-state index is -0.345. The second-order valence-electron chi connectivity index (χ2n) is 11.9. The third-order valence-electron chi connectivity index (χ3n) is 7.91. The van der Waals surface area contributed by atoms with Crippen LogP contribution in [0.5, 0.6) is 17.2 Å². The summed E-state index contributed by atoms with van der Waals surface area (Å²) in [5.41, 5.74) is 3.68. The van der Waals surface area contributed by atoms with Crippen LogP contribution < -0.4 is 14.2 Å². The van der Waals surface area contributed by atoms with E-state index in [1.807, 2.05) is 103 Å². The molecule has 5 aromatic rings. The maximum absolute atomic E-state index is 12.1. The first kappa shape index (κ1) is 36.6. The normalized spacial score (nSPS) is 11.3. The van der Waals surface area contributed by atoms with E-state index in [0.29, 0.717) is 15.6 Å². The van der Waals surface area contributed by atoms with Gasteiger partial charge in [-0.15, -0.1) is 11.3 Å². The van der Waals surface area contributed by atoms with E-state index in [1.54, 1.807) is 24.4 Å². The Bertz CT molecular complexity index is 1750. The maximum Gasteiger partial charge on any atom is 0.353 e. The molecule has 8 heteroatoms. The number of hydrogen-bond donors (Lipinski definition) is 0. The summed E-state index contributed by atoms with van der Waals surface area (Å²) in [6, 6.07) is 34.2. The highest BCUT2D eigenvalue weighted by atomic mass is 35.5. The monoisotopic (exact) mass is 706 g/mol. The van der Waals surface area contributed by atoms with Gasteiger partial charge in [0.2, 0.25) is 0 Å². The maximum atomic E-state index is 12.1. The van der Waals surface area contributed by atoms with Crippen LogP contribution in [0.4, 0.5) is 11.4 Å². The molecule has 50 heavy (non-hydrogen) atoms. The molecule has 5 rings (SSSR count). The van der Waals surface area contributed by atoms with Gasteiger partial charge in [0, 0.05) is 17.5 Å². The van der Waals surface area contributed by atoms with E-state index in [1.165, 1.54) is 56.3 Å². The van der Waals surface area contributed by atoms with Gasteiger partial charge >= 0.3 is 5.97 Å². The summed E-state index contributed by atoms with van der Waals surface area (Å²) in [5.74, 6) is 1.92. The van der Waals surface area contributed by atoms with E-state index in [9.17, 15) is 4.79 Å². The number of rotatable bonds is 20. The van der Waals surface area contributed by atoms with Crippen LogP contribution in [0.2, 0.25) is 5.02 Å². The number of aliphatic imine (C=N–C) groups is 2. The lowest BCUT2D eigenvalue weighted by Gasteiger charge is -2.07. The molecule has 0 atom stereocenters. The molecule has 0 fully saturated rings. The molecule has 1 heterocycles. The van der Waals surface area contributed by atoms with Crippen molar-refractivity contribution in [3.05, 3.63) is 136 Å². The first-order valence-corrected chi connectivity index (χ1v) is 18.5. The molecule has 0 aliphatic rings. The number of unbranched alkanes of at least 4 members (excludes halogenated alkanes) is 8. The van der Waals surface area contributed by atoms with E-state index in [2.05, 4.69) is 9.98 Å². The molecule has 0 bridgehead atoms. The first-order valence-electron chi connectivity index (χ1n) is 17.3. The summed E-state index contributed by atoms with van der Waals surface area (Å²) >= 11 is 7.29. The average molecular weight is 707 g/mol. The summed E-state index contributed by atoms with van der Waals surface area (Å²) < 4.78 is 17.3. The lowest BCUT2D eigenvalue weighted by Crippen LogP contribution is -2.06. The number of ether oxygens (including phenoxy) is 3. The largest absolute Gasteiger partial charge is 0.494 e. The van der Waals surface area contributed by atoms with Gasteiger partial charge in [-0.1, -0.05) is 62.6 Å². The summed E-state index contributed by atoms with van der Waals surface area (Å²) in [6.45, 7) is 1.48. The number of nitrogens with zero attached hydrogens (tertiary/aromatic N) is 2. The molecular formula is C42H43ClN2O4S. The Kier molecular flexibility index (Phi) is 15.1. The van der Waals surface area contributed by atoms with E-state index < -0.39 is 0 Å². The van der Waals surface area contributed by atoms with E-state index in [0.717, 1.165) is 60.1 Å². The SMILES string of the molecule is O=C(Oc1ccc(C=Nc2ccc(OCCCCCCCCCCCOc3ccc(C=Nc4ccc(Cl)cc4)cc3)cc2)cc1)c1cccs1. The van der Waals surface area contributed by atoms with Gasteiger partial charge < -0.3 is 14.2 Å². The van der Waals surface area contributed by atoms with Crippen LogP contribution in [0.1, 0.15) is 78.6 Å². The van der Waals surface area contributed by atoms with Gasteiger partial charge in [0.05, 0.1) is 24.6 Å². The van der Waals surface area contributed by atoms with Crippen molar-refractivity contribution >= 4 is 52.7 Å². The topological polar surface area (TPSA) is 69.5 Å². The van der Waals surface area contributed by atoms with Gasteiger partial charge in [-0.2, -0.15) is 0 Å². The van der Waals surface area contributed by atoms with Gasteiger partial charge in [0.25, 0.3) is 0 Å². The van der Waals surface area contributed by atoms with Gasteiger partial charge in [-0.05, 0) is 132 Å². The fourth-order valence-electron chi connectivity index (χ4n) is 5.10. The highest BCUT2D eigenvalue weighted by Crippen LogP contribution is 2.21. The molecule has 0 aliphatic heterocycles. The van der Waals surface area contributed by atoms with Gasteiger partial charge in [-0.25, -0.2) is 4.79 Å². The van der Waals surface area contributed by atoms with Crippen LogP contribution in [0.25, 0.3) is 0 Å². The van der Waals surface area contributed by atoms with Crippen LogP contribution in [0, 0.1) is 0 Å². The van der Waals surface area contributed by atoms with Crippen molar-refractivity contribution in [2.75, 3.05) is 13.2 Å². The fourth-order valence-corrected chi connectivity index (χ4v) is 5.82. The van der Waals surface area contributed by atoms with Crippen LogP contribution in [0.15, 0.2) is 125 Å². The molecular weight excluding hydrogens is 664 g/mol. The summed E-state index contributed by atoms with van der Waals surface area (Å²) in [7, 11) is 0. The summed E-state index contributed by atoms with van der Waals surface area (Å²) in [5, 5.41) is 2.56. The number of carbonyl (C=O) groups excluding carboxylic acids is 1. The van der Waals surface area contributed by atoms with Crippen molar-refractivity contribution in [1.82, 2.24) is 0 Å². The smallest absolute Gasteiger partial charge is 0.353 e. The molecule has 0 saturated carbocycles. The molecule has 1 aromatic heterocycles. The Morgan fingerprint density at radius 3 is 1.48 bits per heavy atom. The summed E-state index contributed by atoms with van der Waals surface area (Å²) in [6.07, 6.45) is 14.5. The number of esters is 1. The molecule has 0 spiro atoms. The molecule has 0 radical (unpaired) electrons. The van der Waals surface area contributed by atoms with Gasteiger partial charge in [0.1, 0.15) is 22.1 Å². The highest BCUT2D eigenvalue weighted by Gasteiger charge is 2.09. The molecule has 0 saturated heterocycles. The number of halogens is 1. The second kappa shape index (κ2) is 20.7. The van der Waals surface area contributed by atoms with Crippen LogP contribution >= 0.6 is 22.9 Å². The van der Waals surface area contributed by atoms with Gasteiger partial charge in [0.15, 0.2) is 0 Å². The van der Waals surface area contributed by atoms with Crippen molar-refractivity contribution in [3.63, 3.8) is 0 Å². The van der Waals surface area contributed by atoms with Gasteiger partial charge in [-0.3, -0.25) is 9.98 Å². The predicted molar refractivity (Wildman–Crippen MR) is 207 cm³/mol. The Labute approximate surface area is 304 Å². The van der Waals surface area contributed by atoms with Crippen LogP contribution in [0.3, 0.4) is 0 Å². The Morgan fingerprint density at radius 2 is 1.00 bits per heavy atom. The quantitative estimate of drug-likeness (QED) is 0.0349. The second-order valence-corrected chi connectivity index (χ2v) is 13.3. The average Bonchev–Trinajstić information content (AvgIpc) is 3.70. The highest BCUT2D eigenvalue weighted by molar-refractivity contribution is 7.12. The number of thiophene rings is 1. The standard InChI is InChI=1S/C42H43ClN2O4S/c43-35-16-18-36(19-17-35)44-31-33-12-22-38(23-13-33)47-28-8-6-4-2-1-3-5-7-9-29-48-39-26-20-37(21-27-39)45-32-34-14-24-40(25-15-34)49-42(46)41-11-10-30-50-41/h10-27,30-32H,1-9,28-29H2. The lowest BCUT2D eigenvalue weighted by molar-refractivity contribution is 0.0740. The van der Waals surface area contributed by atoms with E-state index >= 15 is 0 Å². The first-order chi connectivity index (χ1) is 24.6. The van der Waals surface area contributed by atoms with Crippen molar-refractivity contribution in [2.24, 2.45) is 9.98 Å². The fraction of sp³-hybridized carbons (Fsp3) is 0.262. The zero-order chi connectivity index (χ0) is 34.6. The summed E-state index contributed by atoms with van der Waals surface area (Å²) in [4.78, 5) is 21.7. The number of benzene rings is 4. The zero-order valence-electron chi connectivity index (χ0n) is 28.2. The van der Waals surface area contributed by atoms with Crippen molar-refractivity contribution in [3.8, 4) is 17.2 Å². The van der Waals surface area contributed by atoms with E-state index in [4.69, 9.17) is 25.8 Å². The Balaban J connectivity index is 0.840. The molecule has 6 nitrogen and oxygen atoms in total. The number of hydrogen-bond acceptors (Lipinski definition) is 7. The van der Waals surface area contributed by atoms with Crippen LogP contribution in [-0.2, 0) is 0 Å². The third kappa shape index (κ3) is 13.3. The predicted octanol–water partition coefficient (Wildman–Crippen LogP) is 12.1. The molecule has 0 amide bonds. The molecule has 0 N–H and O–H groups in total. The lowest BCUT2D eigenvalue weighted by atomic mass is 10.1. The molecule has 4 aromatic carbocycles. The molecule has 0 aliphatic carbocycles. The van der Waals surface area contributed by atoms with Crippen molar-refractivity contribution < 1.29 is 19.0 Å². The third-order valence-corrected chi connectivity index (χ3v) is 9.01. The van der Waals surface area contributed by atoms with Crippen LogP contribution in [-0.4, -0.2) is 31.6 Å². The van der Waals surface area contributed by atoms with Crippen molar-refractivity contribution in [1.29, 1.82) is 0 Å². The Hall–Kier alpha value is -4.72. The van der Waals surface area contributed by atoms with E-state index in [-0.39, 0.29) is 5.97 Å². The van der Waals surface area contributed by atoms with Crippen molar-refractivity contribution in [2.45, 2.75) is 57.8 Å². The Morgan fingerprint density at radius 1 is 0.560 bits per heavy atom. The minimum absolute atomic E-state index is 0.345. The number of carbonyl (C=O) groups is 1. The minimum Gasteiger partial charge on any atom is -0.494 e. The molecule has 258 valence electrons. The zero-order valence-corrected chi connectivity index (χ0v) is 29.8. The molecule has 0 unspecified atom stereocenters.